The molecule has 3 aromatic heterocycles. The molecular weight excluding hydrogens is 413 g/mol. The summed E-state index contributed by atoms with van der Waals surface area (Å²) in [6.45, 7) is 7.26. The fraction of sp³-hybridized carbons (Fsp3) is 0.455. The Kier molecular flexibility index (Phi) is 7.56. The molecule has 2 unspecified atom stereocenters. The van der Waals surface area contributed by atoms with E-state index in [-0.39, 0.29) is 17.3 Å². The number of rotatable bonds is 5. The van der Waals surface area contributed by atoms with Gasteiger partial charge in [0, 0.05) is 18.7 Å². The number of hydrogen-bond acceptors (Lipinski definition) is 8. The molecule has 0 bridgehead atoms. The highest BCUT2D eigenvalue weighted by atomic mass is 19.1. The lowest BCUT2D eigenvalue weighted by Gasteiger charge is -2.24. The molecule has 3 N–H and O–H groups in total. The van der Waals surface area contributed by atoms with Crippen molar-refractivity contribution in [1.29, 1.82) is 5.26 Å². The second-order valence-corrected chi connectivity index (χ2v) is 7.20. The van der Waals surface area contributed by atoms with Crippen LogP contribution < -0.4 is 15.4 Å². The zero-order chi connectivity index (χ0) is 23.3. The Balaban J connectivity index is 0.00000141. The number of ether oxygens (including phenoxy) is 1. The van der Waals surface area contributed by atoms with Crippen LogP contribution in [-0.4, -0.2) is 50.9 Å². The smallest absolute Gasteiger partial charge is 0.157 e. The molecule has 4 rings (SSSR count). The summed E-state index contributed by atoms with van der Waals surface area (Å²) in [5.41, 5.74) is 1.17. The second-order valence-electron chi connectivity index (χ2n) is 7.20. The molecule has 32 heavy (non-hydrogen) atoms. The van der Waals surface area contributed by atoms with Crippen LogP contribution in [0.15, 0.2) is 18.3 Å². The first-order valence-corrected chi connectivity index (χ1v) is 10.7. The van der Waals surface area contributed by atoms with E-state index in [1.165, 1.54) is 23.9 Å². The number of anilines is 1. The lowest BCUT2D eigenvalue weighted by molar-refractivity contribution is 0.187. The molecule has 1 saturated heterocycles. The number of halogens is 1. The van der Waals surface area contributed by atoms with Gasteiger partial charge in [-0.1, -0.05) is 13.8 Å². The largest absolute Gasteiger partial charge is 0.495 e. The maximum Gasteiger partial charge on any atom is 0.157 e. The number of aliphatic hydroxyl groups is 1. The van der Waals surface area contributed by atoms with Crippen LogP contribution in [0.2, 0.25) is 0 Å². The number of nitriles is 1. The van der Waals surface area contributed by atoms with Crippen LogP contribution >= 0.6 is 0 Å². The van der Waals surface area contributed by atoms with Gasteiger partial charge in [0.2, 0.25) is 0 Å². The Morgan fingerprint density at radius 1 is 1.41 bits per heavy atom. The Morgan fingerprint density at radius 2 is 2.19 bits per heavy atom. The average molecular weight is 442 g/mol. The number of nitrogens with zero attached hydrogens (tertiary/aromatic N) is 5. The van der Waals surface area contributed by atoms with Crippen molar-refractivity contribution in [2.45, 2.75) is 45.8 Å². The summed E-state index contributed by atoms with van der Waals surface area (Å²) in [5, 5.41) is 30.4. The van der Waals surface area contributed by atoms with E-state index in [9.17, 15) is 14.8 Å². The summed E-state index contributed by atoms with van der Waals surface area (Å²) >= 11 is 0. The number of imidazole rings is 1. The van der Waals surface area contributed by atoms with Gasteiger partial charge in [-0.2, -0.15) is 10.4 Å². The Morgan fingerprint density at radius 3 is 2.81 bits per heavy atom. The highest BCUT2D eigenvalue weighted by molar-refractivity contribution is 5.66. The Hall–Kier alpha value is -3.29. The van der Waals surface area contributed by atoms with Gasteiger partial charge in [-0.05, 0) is 32.4 Å². The molecule has 0 aliphatic carbocycles. The number of aliphatic hydroxyl groups excluding tert-OH is 1. The first kappa shape index (κ1) is 23.4. The molecule has 1 fully saturated rings. The molecule has 0 spiro atoms. The van der Waals surface area contributed by atoms with Crippen LogP contribution in [0.25, 0.3) is 17.0 Å². The molecule has 0 amide bonds. The number of aromatic nitrogens is 4. The molecule has 4 heterocycles. The summed E-state index contributed by atoms with van der Waals surface area (Å²) in [6, 6.07) is 4.89. The van der Waals surface area contributed by atoms with Gasteiger partial charge in [0.1, 0.15) is 34.7 Å². The fourth-order valence-electron chi connectivity index (χ4n) is 3.56. The van der Waals surface area contributed by atoms with Gasteiger partial charge in [0.25, 0.3) is 0 Å². The maximum atomic E-state index is 14.9. The van der Waals surface area contributed by atoms with Crippen LogP contribution in [0.5, 0.6) is 5.75 Å². The van der Waals surface area contributed by atoms with E-state index >= 15 is 0 Å². The topological polar surface area (TPSA) is 120 Å². The highest BCUT2D eigenvalue weighted by Gasteiger charge is 2.22. The fourth-order valence-corrected chi connectivity index (χ4v) is 3.56. The maximum absolute atomic E-state index is 14.9. The van der Waals surface area contributed by atoms with E-state index in [4.69, 9.17) is 4.74 Å². The molecule has 0 saturated carbocycles. The van der Waals surface area contributed by atoms with E-state index in [0.717, 1.165) is 25.9 Å². The second kappa shape index (κ2) is 10.3. The predicted octanol–water partition coefficient (Wildman–Crippen LogP) is 3.05. The molecule has 1 aliphatic rings. The van der Waals surface area contributed by atoms with E-state index in [1.54, 1.807) is 13.0 Å². The van der Waals surface area contributed by atoms with Gasteiger partial charge in [-0.25, -0.2) is 18.9 Å². The van der Waals surface area contributed by atoms with Gasteiger partial charge >= 0.3 is 0 Å². The Labute approximate surface area is 186 Å². The van der Waals surface area contributed by atoms with Crippen molar-refractivity contribution >= 4 is 11.5 Å². The molecule has 2 atom stereocenters. The van der Waals surface area contributed by atoms with Crippen LogP contribution in [0, 0.1) is 17.1 Å². The van der Waals surface area contributed by atoms with Gasteiger partial charge in [0.05, 0.1) is 25.0 Å². The van der Waals surface area contributed by atoms with Gasteiger partial charge in [-0.3, -0.25) is 0 Å². The van der Waals surface area contributed by atoms with Crippen LogP contribution in [0.1, 0.15) is 51.0 Å². The molecule has 3 aromatic rings. The quantitative estimate of drug-likeness (QED) is 0.553. The zero-order valence-corrected chi connectivity index (χ0v) is 18.7. The van der Waals surface area contributed by atoms with Crippen LogP contribution in [-0.2, 0) is 0 Å². The predicted molar refractivity (Wildman–Crippen MR) is 119 cm³/mol. The van der Waals surface area contributed by atoms with Crippen molar-refractivity contribution in [2.75, 3.05) is 25.5 Å². The minimum atomic E-state index is -0.894. The van der Waals surface area contributed by atoms with Crippen LogP contribution in [0.3, 0.4) is 0 Å². The third-order valence-electron chi connectivity index (χ3n) is 5.08. The van der Waals surface area contributed by atoms with E-state index in [2.05, 4.69) is 25.7 Å². The Bertz CT molecular complexity index is 1120. The van der Waals surface area contributed by atoms with Crippen molar-refractivity contribution in [3.8, 4) is 23.2 Å². The van der Waals surface area contributed by atoms with Crippen LogP contribution in [0.4, 0.5) is 10.2 Å². The third kappa shape index (κ3) is 4.64. The highest BCUT2D eigenvalue weighted by Crippen LogP contribution is 2.29. The van der Waals surface area contributed by atoms with Crippen molar-refractivity contribution < 1.29 is 14.2 Å². The zero-order valence-electron chi connectivity index (χ0n) is 18.7. The molecular formula is C22H28FN7O2. The monoisotopic (exact) mass is 441 g/mol. The molecule has 10 heteroatoms. The van der Waals surface area contributed by atoms with Crippen molar-refractivity contribution in [1.82, 2.24) is 24.9 Å². The standard InChI is InChI=1S/C20H22FN7O2.C2H6/c1-11(29)18-16(30-2)7-17-24-10-15(28(17)27-18)19-14(21)6-12(8-22)20(26-19)25-13-4-3-5-23-9-13;1-2/h6-7,10-11,13,23,29H,3-5,9H2,1-2H3,(H,25,26);1-2H3. The normalized spacial score (nSPS) is 16.6. The van der Waals surface area contributed by atoms with E-state index < -0.39 is 11.9 Å². The van der Waals surface area contributed by atoms with Crippen molar-refractivity contribution in [3.05, 3.63) is 35.4 Å². The molecule has 9 nitrogen and oxygen atoms in total. The summed E-state index contributed by atoms with van der Waals surface area (Å²) in [4.78, 5) is 8.69. The summed E-state index contributed by atoms with van der Waals surface area (Å²) in [5.74, 6) is 0.0498. The SMILES string of the molecule is CC.COc1cc2ncc(-c3nc(NC4CCCNC4)c(C#N)cc3F)n2nc1C(C)O. The number of fused-ring (bicyclic) bond motifs is 1. The van der Waals surface area contributed by atoms with Crippen molar-refractivity contribution in [2.24, 2.45) is 0 Å². The third-order valence-corrected chi connectivity index (χ3v) is 5.08. The minimum Gasteiger partial charge on any atom is -0.495 e. The van der Waals surface area contributed by atoms with E-state index in [0.29, 0.717) is 28.6 Å². The van der Waals surface area contributed by atoms with Crippen molar-refractivity contribution in [3.63, 3.8) is 0 Å². The number of methoxy groups -OCH3 is 1. The first-order valence-electron chi connectivity index (χ1n) is 10.7. The number of nitrogens with one attached hydrogen (secondary N) is 2. The summed E-state index contributed by atoms with van der Waals surface area (Å²) in [7, 11) is 1.48. The molecule has 0 radical (unpaired) electrons. The van der Waals surface area contributed by atoms with Gasteiger partial charge < -0.3 is 20.5 Å². The average Bonchev–Trinajstić information content (AvgIpc) is 3.23. The molecule has 170 valence electrons. The number of piperidine rings is 1. The lowest BCUT2D eigenvalue weighted by Crippen LogP contribution is -2.38. The number of hydrogen-bond donors (Lipinski definition) is 3. The summed E-state index contributed by atoms with van der Waals surface area (Å²) in [6.07, 6.45) is 2.50. The summed E-state index contributed by atoms with van der Waals surface area (Å²) < 4.78 is 21.6. The first-order chi connectivity index (χ1) is 15.5. The van der Waals surface area contributed by atoms with Gasteiger partial charge in [0.15, 0.2) is 11.5 Å². The van der Waals surface area contributed by atoms with Gasteiger partial charge in [-0.15, -0.1) is 0 Å². The molecule has 0 aromatic carbocycles. The minimum absolute atomic E-state index is 0.0157. The molecule has 1 aliphatic heterocycles. The lowest BCUT2D eigenvalue weighted by atomic mass is 10.1. The number of pyridine rings is 1. The van der Waals surface area contributed by atoms with E-state index in [1.807, 2.05) is 19.9 Å².